The molecule has 27 heteroatoms. The van der Waals surface area contributed by atoms with Crippen LogP contribution in [0.3, 0.4) is 0 Å². The molecule has 0 fully saturated rings. The molecule has 0 saturated carbocycles. The summed E-state index contributed by atoms with van der Waals surface area (Å²) in [4.78, 5) is 51.2. The molecule has 2 atom stereocenters. The summed E-state index contributed by atoms with van der Waals surface area (Å²) in [5.41, 5.74) is 0.0970. The van der Waals surface area contributed by atoms with Gasteiger partial charge in [-0.25, -0.2) is 25.6 Å². The second-order valence-corrected chi connectivity index (χ2v) is 23.3. The van der Waals surface area contributed by atoms with Crippen LogP contribution in [0.4, 0.5) is 56.1 Å². The number of hydrogen-bond donors (Lipinski definition) is 8. The molecule has 8 N–H and O–H groups in total. The molecule has 0 aliphatic rings. The van der Waals surface area contributed by atoms with Gasteiger partial charge in [0.15, 0.2) is 18.0 Å². The lowest BCUT2D eigenvalue weighted by Gasteiger charge is -2.20. The second kappa shape index (κ2) is 27.1. The van der Waals surface area contributed by atoms with Crippen LogP contribution in [0.1, 0.15) is 76.6 Å². The number of hydrogen-bond acceptors (Lipinski definition) is 13. The lowest BCUT2D eigenvalue weighted by Crippen LogP contribution is -2.30. The number of phenols is 2. The van der Waals surface area contributed by atoms with E-state index in [0.717, 1.165) is 30.2 Å². The number of phenolic OH excluding ortho intramolecular Hbond substituents is 2. The van der Waals surface area contributed by atoms with Gasteiger partial charge in [0.2, 0.25) is 20.0 Å². The van der Waals surface area contributed by atoms with Crippen molar-refractivity contribution in [3.63, 3.8) is 0 Å². The van der Waals surface area contributed by atoms with Crippen LogP contribution >= 0.6 is 11.6 Å². The zero-order chi connectivity index (χ0) is 62.9. The topological polar surface area (TPSA) is 277 Å². The van der Waals surface area contributed by atoms with E-state index < -0.39 is 90.6 Å². The molecule has 2 unspecified atom stereocenters. The van der Waals surface area contributed by atoms with Crippen LogP contribution < -0.4 is 44.9 Å². The van der Waals surface area contributed by atoms with Gasteiger partial charge in [-0.3, -0.25) is 28.6 Å². The Morgan fingerprint density at radius 2 is 1.04 bits per heavy atom. The van der Waals surface area contributed by atoms with E-state index in [9.17, 15) is 68.2 Å². The maximum Gasteiger partial charge on any atom is 0.422 e. The predicted molar refractivity (Wildman–Crippen MR) is 312 cm³/mol. The third kappa shape index (κ3) is 18.4. The summed E-state index contributed by atoms with van der Waals surface area (Å²) >= 11 is 6.18. The highest BCUT2D eigenvalue weighted by Crippen LogP contribution is 2.40. The molecule has 0 aliphatic heterocycles. The molecular weight excluding hydrogens is 1180 g/mol. The molecule has 0 aliphatic carbocycles. The molecule has 450 valence electrons. The van der Waals surface area contributed by atoms with Crippen molar-refractivity contribution in [3.8, 4) is 34.5 Å². The number of nitrogens with one attached hydrogen (secondary N) is 6. The van der Waals surface area contributed by atoms with Gasteiger partial charge >= 0.3 is 6.18 Å². The van der Waals surface area contributed by atoms with Crippen molar-refractivity contribution in [2.24, 2.45) is 0 Å². The molecule has 0 saturated heterocycles. The Morgan fingerprint density at radius 3 is 1.55 bits per heavy atom. The molecule has 85 heavy (non-hydrogen) atoms. The van der Waals surface area contributed by atoms with Crippen LogP contribution in [0.25, 0.3) is 0 Å². The highest BCUT2D eigenvalue weighted by molar-refractivity contribution is 7.92. The van der Waals surface area contributed by atoms with Crippen LogP contribution in [-0.2, 0) is 35.8 Å². The van der Waals surface area contributed by atoms with Crippen LogP contribution in [0.2, 0.25) is 5.02 Å². The number of benzene rings is 7. The number of rotatable bonds is 19. The third-order valence-electron chi connectivity index (χ3n) is 11.8. The van der Waals surface area contributed by atoms with Gasteiger partial charge in [-0.05, 0) is 124 Å². The molecule has 0 spiro atoms. The second-order valence-electron chi connectivity index (χ2n) is 19.4. The molecule has 19 nitrogen and oxygen atoms in total. The standard InChI is InChI=1S/C31H31N3O7S.C27H25ClF5N3O6S/c1-19-10-12-22(13-11-19)31(37)32-25-18-29(41-24-8-6-5-7-9-24)26(17-27(25)35)33-30(36)21(3)40-28-15-14-23(16-20(28)2)34-42(4,38)39;1-12(2)16-9-15(36-43(4,40)41)5-6-23(16)42-13(3)25(38)34-20-11-22(37)21(10-17(20)28)35-26(39)14-7-18(29)24(19(30)8-14)27(31,32)33/h5-18,21,34-35H,1-4H3,(H,32,37)(H,33,36);5-13,36-37H,1-4H3,(H,34,38)(H,35,39). The zero-order valence-electron chi connectivity index (χ0n) is 46.3. The average molecular weight is 1240 g/mol. The number of amides is 4. The van der Waals surface area contributed by atoms with E-state index in [0.29, 0.717) is 45.3 Å². The van der Waals surface area contributed by atoms with Crippen LogP contribution in [0.15, 0.2) is 127 Å². The number of ether oxygens (including phenoxy) is 3. The number of carbonyl (C=O) groups is 4. The van der Waals surface area contributed by atoms with Crippen LogP contribution in [-0.4, -0.2) is 75.4 Å². The van der Waals surface area contributed by atoms with Gasteiger partial charge in [-0.1, -0.05) is 61.3 Å². The van der Waals surface area contributed by atoms with Gasteiger partial charge in [0.1, 0.15) is 45.9 Å². The maximum atomic E-state index is 13.9. The first-order chi connectivity index (χ1) is 39.6. The first-order valence-electron chi connectivity index (χ1n) is 25.2. The Morgan fingerprint density at radius 1 is 0.553 bits per heavy atom. The number of halogens is 6. The SMILES string of the molecule is CC(Oc1ccc(NS(C)(=O)=O)cc1C(C)C)C(=O)Nc1cc(O)c(NC(=O)c2cc(F)c(C(F)(F)F)c(F)c2)cc1Cl.Cc1ccc(C(=O)Nc2cc(Oc3ccccc3)c(NC(=O)C(C)Oc3ccc(NS(C)(=O)=O)cc3C)cc2O)cc1. The van der Waals surface area contributed by atoms with E-state index >= 15 is 0 Å². The van der Waals surface area contributed by atoms with Crippen molar-refractivity contribution in [3.05, 3.63) is 177 Å². The van der Waals surface area contributed by atoms with E-state index in [2.05, 4.69) is 30.7 Å². The fraction of sp³-hybridized carbons (Fsp3) is 0.207. The van der Waals surface area contributed by atoms with Crippen molar-refractivity contribution >= 4 is 89.4 Å². The molecule has 7 aromatic rings. The number of para-hydroxylation sites is 1. The predicted octanol–water partition coefficient (Wildman–Crippen LogP) is 12.3. The highest BCUT2D eigenvalue weighted by atomic mass is 35.5. The summed E-state index contributed by atoms with van der Waals surface area (Å²) in [6.07, 6.45) is -5.36. The molecule has 0 bridgehead atoms. The van der Waals surface area contributed by atoms with Crippen molar-refractivity contribution in [2.45, 2.75) is 65.8 Å². The number of alkyl halides is 3. The Hall–Kier alpha value is -9.14. The highest BCUT2D eigenvalue weighted by Gasteiger charge is 2.38. The van der Waals surface area contributed by atoms with Crippen molar-refractivity contribution in [1.29, 1.82) is 0 Å². The van der Waals surface area contributed by atoms with E-state index in [-0.39, 0.29) is 57.3 Å². The Kier molecular flexibility index (Phi) is 20.7. The third-order valence-corrected chi connectivity index (χ3v) is 13.4. The van der Waals surface area contributed by atoms with Gasteiger partial charge in [0, 0.05) is 40.7 Å². The van der Waals surface area contributed by atoms with Gasteiger partial charge in [-0.15, -0.1) is 0 Å². The lowest BCUT2D eigenvalue weighted by molar-refractivity contribution is -0.142. The van der Waals surface area contributed by atoms with Gasteiger partial charge in [0.25, 0.3) is 23.6 Å². The first-order valence-corrected chi connectivity index (χ1v) is 29.3. The van der Waals surface area contributed by atoms with E-state index in [1.165, 1.54) is 37.3 Å². The molecule has 0 aromatic heterocycles. The van der Waals surface area contributed by atoms with Gasteiger partial charge < -0.3 is 45.7 Å². The zero-order valence-corrected chi connectivity index (χ0v) is 48.7. The van der Waals surface area contributed by atoms with Crippen LogP contribution in [0, 0.1) is 25.5 Å². The van der Waals surface area contributed by atoms with Gasteiger partial charge in [0.05, 0.1) is 40.3 Å². The Balaban J connectivity index is 0.000000272. The summed E-state index contributed by atoms with van der Waals surface area (Å²) in [5.74, 6) is -6.65. The monoisotopic (exact) mass is 1240 g/mol. The largest absolute Gasteiger partial charge is 0.506 e. The molecule has 7 aromatic carbocycles. The first kappa shape index (κ1) is 65.0. The summed E-state index contributed by atoms with van der Waals surface area (Å²) in [5, 5.41) is 30.8. The molecular formula is C58H56ClF5N6O13S2. The quantitative estimate of drug-likeness (QED) is 0.0277. The van der Waals surface area contributed by atoms with E-state index in [1.54, 1.807) is 68.4 Å². The fourth-order valence-corrected chi connectivity index (χ4v) is 9.01. The van der Waals surface area contributed by atoms with E-state index in [1.807, 2.05) is 39.0 Å². The minimum absolute atomic E-state index is 0.0900. The maximum absolute atomic E-state index is 13.9. The number of carbonyl (C=O) groups excluding carboxylic acids is 4. The number of aryl methyl sites for hydroxylation is 2. The summed E-state index contributed by atoms with van der Waals surface area (Å²) in [6.45, 7) is 10.3. The summed E-state index contributed by atoms with van der Waals surface area (Å²) in [7, 11) is -6.97. The fourth-order valence-electron chi connectivity index (χ4n) is 7.69. The lowest BCUT2D eigenvalue weighted by atomic mass is 10.0. The Bertz CT molecular complexity index is 3870. The molecule has 0 radical (unpaired) electrons. The van der Waals surface area contributed by atoms with Crippen molar-refractivity contribution < 1.29 is 82.4 Å². The number of sulfonamides is 2. The van der Waals surface area contributed by atoms with Crippen molar-refractivity contribution in [2.75, 3.05) is 43.2 Å². The smallest absolute Gasteiger partial charge is 0.422 e. The number of aromatic hydroxyl groups is 2. The Labute approximate surface area is 490 Å². The molecule has 0 heterocycles. The van der Waals surface area contributed by atoms with Crippen LogP contribution in [0.5, 0.6) is 34.5 Å². The minimum atomic E-state index is -5.32. The van der Waals surface area contributed by atoms with Crippen molar-refractivity contribution in [1.82, 2.24) is 0 Å². The number of anilines is 6. The van der Waals surface area contributed by atoms with E-state index in [4.69, 9.17) is 25.8 Å². The van der Waals surface area contributed by atoms with Gasteiger partial charge in [-0.2, -0.15) is 13.2 Å². The summed E-state index contributed by atoms with van der Waals surface area (Å²) < 4.78 is 135. The normalized spacial score (nSPS) is 12.1. The molecule has 4 amide bonds. The minimum Gasteiger partial charge on any atom is -0.506 e. The average Bonchev–Trinajstić information content (AvgIpc) is 2.60. The summed E-state index contributed by atoms with van der Waals surface area (Å²) in [6, 6.07) is 30.1. The molecule has 7 rings (SSSR count).